The zero-order valence-corrected chi connectivity index (χ0v) is 21.5. The molecular formula is C28H30N6O2S. The number of aliphatic hydroxyl groups is 1. The zero-order valence-electron chi connectivity index (χ0n) is 20.6. The van der Waals surface area contributed by atoms with Crippen LogP contribution in [-0.2, 0) is 0 Å². The molecule has 190 valence electrons. The summed E-state index contributed by atoms with van der Waals surface area (Å²) in [7, 11) is 0. The monoisotopic (exact) mass is 514 g/mol. The molecule has 5 N–H and O–H groups in total. The summed E-state index contributed by atoms with van der Waals surface area (Å²) in [5.41, 5.74) is 11.9. The predicted molar refractivity (Wildman–Crippen MR) is 149 cm³/mol. The fourth-order valence-corrected chi connectivity index (χ4v) is 4.62. The summed E-state index contributed by atoms with van der Waals surface area (Å²) in [6.45, 7) is 2.83. The quantitative estimate of drug-likeness (QED) is 0.201. The number of aliphatic hydroxyl groups excluding tert-OH is 1. The highest BCUT2D eigenvalue weighted by Crippen LogP contribution is 2.28. The number of thiophene rings is 1. The molecule has 0 unspecified atom stereocenters. The molecule has 1 aliphatic rings. The van der Waals surface area contributed by atoms with Gasteiger partial charge in [-0.05, 0) is 59.7 Å². The van der Waals surface area contributed by atoms with E-state index in [1.54, 1.807) is 40.3 Å². The third kappa shape index (κ3) is 6.02. The fraction of sp³-hybridized carbons (Fsp3) is 0.214. The summed E-state index contributed by atoms with van der Waals surface area (Å²) >= 11 is 1.54. The zero-order chi connectivity index (χ0) is 26.2. The maximum Gasteiger partial charge on any atom is 0.255 e. The lowest BCUT2D eigenvalue weighted by Crippen LogP contribution is -2.26. The molecule has 5 rings (SSSR count). The topological polar surface area (TPSA) is 129 Å². The number of imidazole rings is 1. The number of amidine groups is 1. The summed E-state index contributed by atoms with van der Waals surface area (Å²) < 4.78 is 1.71. The van der Waals surface area contributed by atoms with Crippen LogP contribution in [0.1, 0.15) is 47.9 Å². The average Bonchev–Trinajstić information content (AvgIpc) is 3.68. The summed E-state index contributed by atoms with van der Waals surface area (Å²) in [4.78, 5) is 22.1. The van der Waals surface area contributed by atoms with Crippen molar-refractivity contribution >= 4 is 34.3 Å². The van der Waals surface area contributed by atoms with Gasteiger partial charge in [0.05, 0.1) is 11.3 Å². The van der Waals surface area contributed by atoms with Gasteiger partial charge in [0.15, 0.2) is 5.65 Å². The molecule has 4 aromatic heterocycles. The Bertz CT molecular complexity index is 1440. The first-order valence-corrected chi connectivity index (χ1v) is 13.0. The number of hydrogen-bond donors (Lipinski definition) is 4. The number of unbranched alkanes of at least 4 members (excludes halogenated alkanes) is 1. The maximum atomic E-state index is 13.0. The second-order valence-electron chi connectivity index (χ2n) is 8.52. The Morgan fingerprint density at radius 2 is 2.11 bits per heavy atom. The number of amides is 1. The minimum Gasteiger partial charge on any atom is -0.396 e. The van der Waals surface area contributed by atoms with Crippen LogP contribution in [0.3, 0.4) is 0 Å². The number of carbonyl (C=O) groups is 1. The van der Waals surface area contributed by atoms with Crippen molar-refractivity contribution in [2.45, 2.75) is 26.2 Å². The highest BCUT2D eigenvalue weighted by atomic mass is 32.1. The molecule has 0 saturated carbocycles. The third-order valence-corrected chi connectivity index (χ3v) is 6.55. The van der Waals surface area contributed by atoms with Crippen molar-refractivity contribution in [2.24, 2.45) is 5.73 Å². The molecule has 9 heteroatoms. The van der Waals surface area contributed by atoms with Crippen LogP contribution in [0, 0.1) is 5.41 Å². The molecule has 4 aromatic rings. The molecule has 1 amide bonds. The van der Waals surface area contributed by atoms with Crippen molar-refractivity contribution in [1.82, 2.24) is 19.7 Å². The molecule has 1 aliphatic carbocycles. The van der Waals surface area contributed by atoms with Gasteiger partial charge in [0.2, 0.25) is 0 Å². The van der Waals surface area contributed by atoms with Crippen molar-refractivity contribution < 1.29 is 9.90 Å². The number of rotatable bonds is 8. The SMILES string of the molecule is CCCCO.N=C(N)c1c(-c2ccsc2)nc2c(C(=O)NCC3=CC=C(c4ccccn4)C3)cccn12. The number of fused-ring (bicyclic) bond motifs is 1. The number of carbonyl (C=O) groups excluding carboxylic acids is 1. The van der Waals surface area contributed by atoms with Gasteiger partial charge >= 0.3 is 0 Å². The molecule has 0 atom stereocenters. The van der Waals surface area contributed by atoms with Crippen molar-refractivity contribution in [1.29, 1.82) is 5.41 Å². The van der Waals surface area contributed by atoms with E-state index in [1.807, 2.05) is 47.2 Å². The Labute approximate surface area is 219 Å². The largest absolute Gasteiger partial charge is 0.396 e. The van der Waals surface area contributed by atoms with Gasteiger partial charge in [-0.25, -0.2) is 4.98 Å². The summed E-state index contributed by atoms with van der Waals surface area (Å²) in [5, 5.41) is 23.0. The highest BCUT2D eigenvalue weighted by Gasteiger charge is 2.21. The van der Waals surface area contributed by atoms with Crippen LogP contribution < -0.4 is 11.1 Å². The number of aromatic nitrogens is 3. The maximum absolute atomic E-state index is 13.0. The van der Waals surface area contributed by atoms with E-state index in [-0.39, 0.29) is 11.7 Å². The normalized spacial score (nSPS) is 12.5. The van der Waals surface area contributed by atoms with E-state index in [1.165, 1.54) is 0 Å². The lowest BCUT2D eigenvalue weighted by molar-refractivity contribution is 0.0958. The molecular weight excluding hydrogens is 484 g/mol. The molecule has 0 fully saturated rings. The van der Waals surface area contributed by atoms with E-state index >= 15 is 0 Å². The summed E-state index contributed by atoms with van der Waals surface area (Å²) in [6.07, 6.45) is 10.4. The van der Waals surface area contributed by atoms with Crippen LogP contribution in [0.5, 0.6) is 0 Å². The van der Waals surface area contributed by atoms with Gasteiger partial charge in [-0.2, -0.15) is 11.3 Å². The van der Waals surface area contributed by atoms with Gasteiger partial charge in [0.25, 0.3) is 5.91 Å². The molecule has 0 bridgehead atoms. The molecule has 0 spiro atoms. The van der Waals surface area contributed by atoms with Gasteiger partial charge in [-0.3, -0.25) is 19.6 Å². The molecule has 0 saturated heterocycles. The van der Waals surface area contributed by atoms with Crippen LogP contribution >= 0.6 is 11.3 Å². The standard InChI is InChI=1S/C24H20N6OS.C4H10O/c25-22(26)21-20(17-8-11-32-14-17)29-23-18(4-3-10-30(21)23)24(31)28-13-15-6-7-16(12-15)19-5-1-2-9-27-19;1-2-3-4-5/h1-11,14H,12-13H2,(H3,25,26)(H,28,31);5H,2-4H2,1H3. The summed E-state index contributed by atoms with van der Waals surface area (Å²) in [5.74, 6) is -0.319. The highest BCUT2D eigenvalue weighted by molar-refractivity contribution is 7.08. The fourth-order valence-electron chi connectivity index (χ4n) is 3.98. The van der Waals surface area contributed by atoms with E-state index in [0.717, 1.165) is 41.7 Å². The predicted octanol–water partition coefficient (Wildman–Crippen LogP) is 4.66. The van der Waals surface area contributed by atoms with Crippen LogP contribution in [0.25, 0.3) is 22.5 Å². The van der Waals surface area contributed by atoms with E-state index in [0.29, 0.717) is 35.8 Å². The number of allylic oxidation sites excluding steroid dienone is 3. The lowest BCUT2D eigenvalue weighted by atomic mass is 10.1. The van der Waals surface area contributed by atoms with Gasteiger partial charge in [0.1, 0.15) is 17.2 Å². The number of pyridine rings is 2. The van der Waals surface area contributed by atoms with Gasteiger partial charge < -0.3 is 16.2 Å². The van der Waals surface area contributed by atoms with Gasteiger partial charge in [-0.15, -0.1) is 0 Å². The number of nitrogens with one attached hydrogen (secondary N) is 2. The van der Waals surface area contributed by atoms with Crippen molar-refractivity contribution in [3.63, 3.8) is 0 Å². The number of nitrogens with zero attached hydrogens (tertiary/aromatic N) is 3. The third-order valence-electron chi connectivity index (χ3n) is 5.86. The smallest absolute Gasteiger partial charge is 0.255 e. The Kier molecular flexibility index (Phi) is 8.60. The molecule has 0 aromatic carbocycles. The summed E-state index contributed by atoms with van der Waals surface area (Å²) in [6, 6.07) is 11.3. The lowest BCUT2D eigenvalue weighted by Gasteiger charge is -2.09. The average molecular weight is 515 g/mol. The Hall–Kier alpha value is -4.08. The number of nitrogen functional groups attached to an aromatic ring is 1. The van der Waals surface area contributed by atoms with Crippen LogP contribution in [0.4, 0.5) is 0 Å². The van der Waals surface area contributed by atoms with E-state index in [4.69, 9.17) is 16.2 Å². The molecule has 37 heavy (non-hydrogen) atoms. The first-order valence-electron chi connectivity index (χ1n) is 12.1. The molecule has 0 radical (unpaired) electrons. The van der Waals surface area contributed by atoms with Crippen LogP contribution in [-0.4, -0.2) is 44.4 Å². The Balaban J connectivity index is 0.000000586. The molecule has 0 aliphatic heterocycles. The minimum atomic E-state index is -0.222. The van der Waals surface area contributed by atoms with Crippen molar-refractivity contribution in [3.05, 3.63) is 94.2 Å². The number of hydrogen-bond acceptors (Lipinski definition) is 6. The minimum absolute atomic E-state index is 0.0968. The second kappa shape index (κ2) is 12.2. The van der Waals surface area contributed by atoms with Gasteiger partial charge in [-0.1, -0.05) is 31.6 Å². The van der Waals surface area contributed by atoms with E-state index < -0.39 is 0 Å². The van der Waals surface area contributed by atoms with Crippen molar-refractivity contribution in [3.8, 4) is 11.3 Å². The van der Waals surface area contributed by atoms with Gasteiger partial charge in [0, 0.05) is 36.5 Å². The molecule has 4 heterocycles. The Morgan fingerprint density at radius 3 is 2.76 bits per heavy atom. The first kappa shape index (κ1) is 26.0. The molecule has 8 nitrogen and oxygen atoms in total. The number of nitrogens with two attached hydrogens (primary N) is 1. The first-order chi connectivity index (χ1) is 18.0. The van der Waals surface area contributed by atoms with Crippen molar-refractivity contribution in [2.75, 3.05) is 13.2 Å². The second-order valence-corrected chi connectivity index (χ2v) is 9.30. The van der Waals surface area contributed by atoms with Crippen LogP contribution in [0.2, 0.25) is 0 Å². The van der Waals surface area contributed by atoms with Crippen LogP contribution in [0.15, 0.2) is 77.3 Å². The Morgan fingerprint density at radius 1 is 1.24 bits per heavy atom. The van der Waals surface area contributed by atoms with E-state index in [2.05, 4.69) is 22.2 Å². The van der Waals surface area contributed by atoms with E-state index in [9.17, 15) is 4.79 Å².